The van der Waals surface area contributed by atoms with Gasteiger partial charge in [0.2, 0.25) is 5.91 Å². The van der Waals surface area contributed by atoms with E-state index in [1.807, 2.05) is 0 Å². The third-order valence-corrected chi connectivity index (χ3v) is 3.74. The van der Waals surface area contributed by atoms with Crippen LogP contribution in [0.4, 0.5) is 0 Å². The first-order valence-electron chi connectivity index (χ1n) is 7.42. The molecule has 0 aromatic heterocycles. The number of aromatic carboxylic acids is 1. The molecule has 0 saturated carbocycles. The van der Waals surface area contributed by atoms with Gasteiger partial charge in [-0.25, -0.2) is 4.79 Å². The average Bonchev–Trinajstić information content (AvgIpc) is 2.74. The molecule has 0 bridgehead atoms. The summed E-state index contributed by atoms with van der Waals surface area (Å²) in [6, 6.07) is 5.86. The number of rotatable bonds is 5. The summed E-state index contributed by atoms with van der Waals surface area (Å²) in [6.07, 6.45) is 0.680. The highest BCUT2D eigenvalue weighted by Gasteiger charge is 2.25. The van der Waals surface area contributed by atoms with Gasteiger partial charge in [0.1, 0.15) is 6.54 Å². The molecule has 1 aromatic rings. The summed E-state index contributed by atoms with van der Waals surface area (Å²) in [5.41, 5.74) is 0.335. The van der Waals surface area contributed by atoms with Crippen molar-refractivity contribution in [2.24, 2.45) is 0 Å². The summed E-state index contributed by atoms with van der Waals surface area (Å²) in [6.45, 7) is 2.01. The van der Waals surface area contributed by atoms with E-state index in [0.717, 1.165) is 0 Å². The Hall–Kier alpha value is -2.41. The summed E-state index contributed by atoms with van der Waals surface area (Å²) >= 11 is 0. The van der Waals surface area contributed by atoms with Crippen LogP contribution >= 0.6 is 0 Å². The summed E-state index contributed by atoms with van der Waals surface area (Å²) < 4.78 is 4.98. The van der Waals surface area contributed by atoms with Crippen LogP contribution in [0, 0.1) is 0 Å². The van der Waals surface area contributed by atoms with Gasteiger partial charge in [0.15, 0.2) is 0 Å². The highest BCUT2D eigenvalue weighted by molar-refractivity contribution is 5.99. The van der Waals surface area contributed by atoms with Crippen LogP contribution in [0.15, 0.2) is 24.3 Å². The van der Waals surface area contributed by atoms with Crippen LogP contribution in [0.2, 0.25) is 0 Å². The van der Waals surface area contributed by atoms with Crippen LogP contribution in [0.1, 0.15) is 27.1 Å². The third-order valence-electron chi connectivity index (χ3n) is 3.74. The van der Waals surface area contributed by atoms with E-state index >= 15 is 0 Å². The molecule has 0 atom stereocenters. The van der Waals surface area contributed by atoms with E-state index in [9.17, 15) is 14.4 Å². The summed E-state index contributed by atoms with van der Waals surface area (Å²) in [5, 5.41) is 9.01. The van der Waals surface area contributed by atoms with Gasteiger partial charge in [0, 0.05) is 32.3 Å². The number of carboxylic acid groups (broad SMARTS) is 1. The standard InChI is InChI=1S/C16H20N2O5/c1-23-9-8-17-6-3-7-18(11-14(17)19)15(20)12-4-2-5-13(10-12)16(21)22/h2,4-5,10H,3,6-9,11H2,1H3,(H,21,22). The molecule has 1 aliphatic rings. The first kappa shape index (κ1) is 17.0. The van der Waals surface area contributed by atoms with Gasteiger partial charge in [-0.05, 0) is 24.6 Å². The monoisotopic (exact) mass is 320 g/mol. The maximum absolute atomic E-state index is 12.5. The lowest BCUT2D eigenvalue weighted by Crippen LogP contribution is -2.40. The number of benzene rings is 1. The van der Waals surface area contributed by atoms with Crippen LogP contribution in [-0.4, -0.2) is 72.6 Å². The molecule has 0 unspecified atom stereocenters. The van der Waals surface area contributed by atoms with Crippen molar-refractivity contribution in [3.05, 3.63) is 35.4 Å². The van der Waals surface area contributed by atoms with E-state index in [1.54, 1.807) is 18.1 Å². The number of ether oxygens (including phenoxy) is 1. The molecule has 2 amide bonds. The Labute approximate surface area is 134 Å². The van der Waals surface area contributed by atoms with E-state index in [1.165, 1.54) is 23.1 Å². The lowest BCUT2D eigenvalue weighted by molar-refractivity contribution is -0.131. The van der Waals surface area contributed by atoms with Crippen molar-refractivity contribution in [1.82, 2.24) is 9.80 Å². The number of hydrogen-bond donors (Lipinski definition) is 1. The summed E-state index contributed by atoms with van der Waals surface area (Å²) in [7, 11) is 1.58. The van der Waals surface area contributed by atoms with Gasteiger partial charge in [-0.15, -0.1) is 0 Å². The molecule has 1 aliphatic heterocycles. The minimum Gasteiger partial charge on any atom is -0.478 e. The Bertz CT molecular complexity index is 602. The maximum Gasteiger partial charge on any atom is 0.335 e. The maximum atomic E-state index is 12.5. The van der Waals surface area contributed by atoms with E-state index in [2.05, 4.69) is 0 Å². The van der Waals surface area contributed by atoms with Gasteiger partial charge in [-0.3, -0.25) is 9.59 Å². The number of carbonyl (C=O) groups is 3. The molecule has 0 radical (unpaired) electrons. The molecule has 1 fully saturated rings. The second-order valence-electron chi connectivity index (χ2n) is 5.34. The summed E-state index contributed by atoms with van der Waals surface area (Å²) in [4.78, 5) is 38.9. The predicted octanol–water partition coefficient (Wildman–Crippen LogP) is 0.706. The molecule has 1 N–H and O–H groups in total. The van der Waals surface area contributed by atoms with Crippen molar-refractivity contribution in [1.29, 1.82) is 0 Å². The van der Waals surface area contributed by atoms with Gasteiger partial charge >= 0.3 is 5.97 Å². The number of methoxy groups -OCH3 is 1. The number of hydrogen-bond acceptors (Lipinski definition) is 4. The molecule has 7 nitrogen and oxygen atoms in total. The minimum atomic E-state index is -1.09. The Morgan fingerprint density at radius 1 is 1.26 bits per heavy atom. The fraction of sp³-hybridized carbons (Fsp3) is 0.438. The number of amides is 2. The Balaban J connectivity index is 2.09. The van der Waals surface area contributed by atoms with Crippen molar-refractivity contribution in [2.75, 3.05) is 39.9 Å². The summed E-state index contributed by atoms with van der Waals surface area (Å²) in [5.74, 6) is -1.53. The highest BCUT2D eigenvalue weighted by atomic mass is 16.5. The molecule has 1 heterocycles. The molecule has 2 rings (SSSR count). The second-order valence-corrected chi connectivity index (χ2v) is 5.34. The molecule has 0 spiro atoms. The van der Waals surface area contributed by atoms with Crippen LogP contribution in [0.5, 0.6) is 0 Å². The second kappa shape index (κ2) is 7.73. The molecule has 7 heteroatoms. The fourth-order valence-electron chi connectivity index (χ4n) is 2.50. The van der Waals surface area contributed by atoms with Crippen molar-refractivity contribution in [3.8, 4) is 0 Å². The van der Waals surface area contributed by atoms with Crippen molar-refractivity contribution in [2.45, 2.75) is 6.42 Å². The first-order chi connectivity index (χ1) is 11.0. The SMILES string of the molecule is COCCN1CCCN(C(=O)c2cccc(C(=O)O)c2)CC1=O. The normalized spacial score (nSPS) is 15.4. The molecule has 1 aromatic carbocycles. The minimum absolute atomic E-state index is 0.000152. The molecule has 1 saturated heterocycles. The van der Waals surface area contributed by atoms with Crippen LogP contribution in [0.25, 0.3) is 0 Å². The van der Waals surface area contributed by atoms with Crippen molar-refractivity contribution in [3.63, 3.8) is 0 Å². The predicted molar refractivity (Wildman–Crippen MR) is 82.4 cm³/mol. The van der Waals surface area contributed by atoms with Gasteiger partial charge in [0.05, 0.1) is 12.2 Å². The Kier molecular flexibility index (Phi) is 5.70. The zero-order valence-electron chi connectivity index (χ0n) is 13.0. The average molecular weight is 320 g/mol. The number of carbonyl (C=O) groups excluding carboxylic acids is 2. The number of nitrogens with zero attached hydrogens (tertiary/aromatic N) is 2. The Morgan fingerprint density at radius 3 is 2.70 bits per heavy atom. The lowest BCUT2D eigenvalue weighted by Gasteiger charge is -2.21. The molecule has 0 aliphatic carbocycles. The lowest BCUT2D eigenvalue weighted by atomic mass is 10.1. The molecular weight excluding hydrogens is 300 g/mol. The van der Waals surface area contributed by atoms with E-state index in [0.29, 0.717) is 32.7 Å². The van der Waals surface area contributed by atoms with Crippen molar-refractivity contribution < 1.29 is 24.2 Å². The first-order valence-corrected chi connectivity index (χ1v) is 7.42. The van der Waals surface area contributed by atoms with Gasteiger partial charge in [-0.1, -0.05) is 6.07 Å². The topological polar surface area (TPSA) is 87.2 Å². The zero-order valence-corrected chi connectivity index (χ0v) is 13.0. The fourth-order valence-corrected chi connectivity index (χ4v) is 2.50. The van der Waals surface area contributed by atoms with Gasteiger partial charge in [-0.2, -0.15) is 0 Å². The largest absolute Gasteiger partial charge is 0.478 e. The molecular formula is C16H20N2O5. The van der Waals surface area contributed by atoms with Crippen LogP contribution in [-0.2, 0) is 9.53 Å². The molecule has 23 heavy (non-hydrogen) atoms. The third kappa shape index (κ3) is 4.29. The van der Waals surface area contributed by atoms with E-state index in [-0.39, 0.29) is 29.5 Å². The van der Waals surface area contributed by atoms with Gasteiger partial charge < -0.3 is 19.6 Å². The van der Waals surface area contributed by atoms with Crippen LogP contribution < -0.4 is 0 Å². The van der Waals surface area contributed by atoms with Crippen molar-refractivity contribution >= 4 is 17.8 Å². The van der Waals surface area contributed by atoms with Gasteiger partial charge in [0.25, 0.3) is 5.91 Å². The van der Waals surface area contributed by atoms with Crippen LogP contribution in [0.3, 0.4) is 0 Å². The molecule has 124 valence electrons. The van der Waals surface area contributed by atoms with E-state index < -0.39 is 5.97 Å². The quantitative estimate of drug-likeness (QED) is 0.863. The number of carboxylic acids is 1. The smallest absolute Gasteiger partial charge is 0.335 e. The van der Waals surface area contributed by atoms with E-state index in [4.69, 9.17) is 9.84 Å². The zero-order chi connectivity index (χ0) is 16.8. The highest BCUT2D eigenvalue weighted by Crippen LogP contribution is 2.12. The Morgan fingerprint density at radius 2 is 2.00 bits per heavy atom.